The van der Waals surface area contributed by atoms with Crippen molar-refractivity contribution in [3.63, 3.8) is 0 Å². The van der Waals surface area contributed by atoms with E-state index in [1.54, 1.807) is 130 Å². The molecule has 8 bridgehead atoms. The molecular formula is C83H107N17O15S. The molecule has 1 aliphatic carbocycles. The topological polar surface area (TPSA) is 455 Å². The Morgan fingerprint density at radius 1 is 0.586 bits per heavy atom. The lowest BCUT2D eigenvalue weighted by Gasteiger charge is -2.36. The quantitative estimate of drug-likeness (QED) is 0.0532. The van der Waals surface area contributed by atoms with Gasteiger partial charge in [-0.25, -0.2) is 24.3 Å². The van der Waals surface area contributed by atoms with E-state index in [9.17, 15) is 37.5 Å². The first-order chi connectivity index (χ1) is 55.1. The fourth-order valence-electron chi connectivity index (χ4n) is 14.2. The zero-order chi connectivity index (χ0) is 83.9. The number of carbonyl (C=O) groups is 10. The smallest absolute Gasteiger partial charge is 0.326 e. The first-order valence-electron chi connectivity index (χ1n) is 39.1. The summed E-state index contributed by atoms with van der Waals surface area (Å²) in [5.74, 6) is -7.43. The van der Waals surface area contributed by atoms with Crippen LogP contribution in [0.2, 0.25) is 0 Å². The number of hydrogen-bond donors (Lipinski definition) is 13. The molecule has 14 atom stereocenters. The van der Waals surface area contributed by atoms with Crippen molar-refractivity contribution in [2.45, 2.75) is 197 Å². The van der Waals surface area contributed by atoms with E-state index >= 15 is 24.0 Å². The van der Waals surface area contributed by atoms with Crippen LogP contribution in [0.4, 0.5) is 0 Å². The van der Waals surface area contributed by atoms with Crippen molar-refractivity contribution in [3.8, 4) is 11.5 Å². The maximum atomic E-state index is 15.4. The lowest BCUT2D eigenvalue weighted by molar-refractivity contribution is -0.145. The van der Waals surface area contributed by atoms with Crippen molar-refractivity contribution < 1.29 is 70.9 Å². The minimum atomic E-state index is -4.20. The number of fused-ring (bicyclic) bond motifs is 2. The molecule has 14 unspecified atom stereocenters. The number of rotatable bonds is 18. The molecule has 13 N–H and O–H groups in total. The highest BCUT2D eigenvalue weighted by Gasteiger charge is 2.49. The number of likely N-dealkylation sites (tertiary alicyclic amines) is 2. The van der Waals surface area contributed by atoms with Crippen LogP contribution in [0, 0.1) is 21.9 Å². The number of benzene rings is 6. The number of carboxylic acids is 1. The number of nitrogens with one attached hydrogen (secondary N) is 12. The van der Waals surface area contributed by atoms with Crippen molar-refractivity contribution in [2.75, 3.05) is 46.9 Å². The molecule has 6 aliphatic heterocycles. The molecule has 3 fully saturated rings. The fraction of sp³-hybridized carbons (Fsp3) is 0.482. The highest BCUT2D eigenvalue weighted by molar-refractivity contribution is 7.91. The number of aliphatic carboxylic acids is 1. The van der Waals surface area contributed by atoms with Crippen LogP contribution in [0.3, 0.4) is 0 Å². The van der Waals surface area contributed by atoms with Gasteiger partial charge in [-0.05, 0) is 126 Å². The molecule has 0 aromatic heterocycles. The van der Waals surface area contributed by atoms with E-state index in [2.05, 4.69) is 62.8 Å². The van der Waals surface area contributed by atoms with Crippen molar-refractivity contribution in [1.29, 1.82) is 11.1 Å². The minimum absolute atomic E-state index is 0.0215. The highest BCUT2D eigenvalue weighted by atomic mass is 32.2. The average molecular weight is 1610 g/mol. The van der Waals surface area contributed by atoms with Gasteiger partial charge in [-0.3, -0.25) is 52.9 Å². The Morgan fingerprint density at radius 3 is 1.50 bits per heavy atom. The first kappa shape index (κ1) is 87.2. The number of amides is 9. The van der Waals surface area contributed by atoms with Crippen LogP contribution in [0.5, 0.6) is 11.5 Å². The second kappa shape index (κ2) is 38.5. The molecular weight excluding hydrogens is 1510 g/mol. The minimum Gasteiger partial charge on any atom is -0.491 e. The Hall–Kier alpha value is -11.2. The van der Waals surface area contributed by atoms with Crippen LogP contribution in [0.25, 0.3) is 21.5 Å². The molecule has 33 heteroatoms. The third-order valence-corrected chi connectivity index (χ3v) is 23.3. The van der Waals surface area contributed by atoms with E-state index in [1.165, 1.54) is 16.0 Å². The molecule has 7 aliphatic rings. The van der Waals surface area contributed by atoms with Crippen molar-refractivity contribution in [2.24, 2.45) is 26.1 Å². The first-order valence-corrected chi connectivity index (χ1v) is 40.6. The van der Waals surface area contributed by atoms with Gasteiger partial charge in [0.2, 0.25) is 57.3 Å². The summed E-state index contributed by atoms with van der Waals surface area (Å²) >= 11 is 0. The number of carbonyl (C=O) groups excluding carboxylic acids is 9. The maximum Gasteiger partial charge on any atom is 0.326 e. The van der Waals surface area contributed by atoms with Gasteiger partial charge in [-0.1, -0.05) is 151 Å². The number of nitrogens with zero attached hydrogens (tertiary/aromatic N) is 5. The summed E-state index contributed by atoms with van der Waals surface area (Å²) in [5, 5.41) is 47.0. The Bertz CT molecular complexity index is 4740. The monoisotopic (exact) mass is 1610 g/mol. The summed E-state index contributed by atoms with van der Waals surface area (Å²) < 4.78 is 41.5. The number of likely N-dealkylation sites (N-methyl/N-ethyl adjacent to an activating group) is 2. The lowest BCUT2D eigenvalue weighted by atomic mass is 9.85. The molecule has 32 nitrogen and oxygen atoms in total. The summed E-state index contributed by atoms with van der Waals surface area (Å²) in [4.78, 5) is 154. The summed E-state index contributed by atoms with van der Waals surface area (Å²) in [6, 6.07) is 22.7. The van der Waals surface area contributed by atoms with Gasteiger partial charge in [0.05, 0.1) is 23.4 Å². The predicted octanol–water partition coefficient (Wildman–Crippen LogP) is 4.34. The van der Waals surface area contributed by atoms with E-state index in [-0.39, 0.29) is 82.9 Å². The van der Waals surface area contributed by atoms with Gasteiger partial charge in [0.1, 0.15) is 85.1 Å². The largest absolute Gasteiger partial charge is 0.491 e. The van der Waals surface area contributed by atoms with Crippen LogP contribution >= 0.6 is 0 Å². The van der Waals surface area contributed by atoms with Gasteiger partial charge in [0.15, 0.2) is 0 Å². The van der Waals surface area contributed by atoms with Crippen molar-refractivity contribution in [3.05, 3.63) is 156 Å². The Balaban J connectivity index is 0.995. The number of carboxylic acid groups (broad SMARTS) is 1. The molecule has 0 radical (unpaired) electrons. The molecule has 13 rings (SSSR count). The maximum absolute atomic E-state index is 15.4. The van der Waals surface area contributed by atoms with Gasteiger partial charge in [-0.2, -0.15) is 10.2 Å². The number of sulfonamides is 1. The fourth-order valence-corrected chi connectivity index (χ4v) is 15.5. The van der Waals surface area contributed by atoms with E-state index in [1.807, 2.05) is 72.8 Å². The molecule has 2 saturated heterocycles. The van der Waals surface area contributed by atoms with E-state index in [0.717, 1.165) is 21.5 Å². The van der Waals surface area contributed by atoms with Gasteiger partial charge in [0, 0.05) is 64.0 Å². The van der Waals surface area contributed by atoms with Crippen LogP contribution in [0.1, 0.15) is 103 Å². The Kier molecular flexibility index (Phi) is 29.0. The molecule has 9 amide bonds. The number of ether oxygens (including phenoxy) is 2. The zero-order valence-corrected chi connectivity index (χ0v) is 67.8. The summed E-state index contributed by atoms with van der Waals surface area (Å²) in [7, 11) is -1.02. The summed E-state index contributed by atoms with van der Waals surface area (Å²) in [5.41, 5.74) is 16.7. The van der Waals surface area contributed by atoms with Gasteiger partial charge in [-0.15, -0.1) is 0 Å². The van der Waals surface area contributed by atoms with Crippen molar-refractivity contribution >= 4 is 96.9 Å². The zero-order valence-electron chi connectivity index (χ0n) is 66.9. The Labute approximate surface area is 674 Å². The number of hydrogen-bond acceptors (Lipinski definition) is 22. The summed E-state index contributed by atoms with van der Waals surface area (Å²) in [6.45, 7) is 13.1. The van der Waals surface area contributed by atoms with Crippen LogP contribution in [0.15, 0.2) is 149 Å². The van der Waals surface area contributed by atoms with Crippen LogP contribution < -0.4 is 62.0 Å². The van der Waals surface area contributed by atoms with Gasteiger partial charge >= 0.3 is 5.97 Å². The second-order valence-corrected chi connectivity index (χ2v) is 34.5. The average Bonchev–Trinajstić information content (AvgIpc) is 1.63. The highest BCUT2D eigenvalue weighted by Crippen LogP contribution is 2.32. The van der Waals surface area contributed by atoms with Crippen LogP contribution in [-0.4, -0.2) is 225 Å². The van der Waals surface area contributed by atoms with Gasteiger partial charge in [0.25, 0.3) is 5.91 Å². The van der Waals surface area contributed by atoms with Gasteiger partial charge < -0.3 is 72.2 Å². The number of aliphatic imine (C=N–C) groups is 1. The second-order valence-electron chi connectivity index (χ2n) is 32.5. The lowest BCUT2D eigenvalue weighted by Crippen LogP contribution is -2.61. The molecule has 116 heavy (non-hydrogen) atoms. The molecule has 620 valence electrons. The standard InChI is InChI=1S/C83H107N17O15S/c1-47(86-9)72(101)94-70(82(3,4)5)79(108)99-43-57-39-68(99)77(106)91-64(37-51-19-25-53-15-11-13-17-55(53)33-51)74(103)90-66(76(105)98-116(112,113)63-31-32-63)35-49-21-27-61(28-22-49)114-45-59(96-84)41-89-58-40-69(100(44-58)80(109)71(83(6,7)8)95-73(102)48(2)87-10)78(107)92-65(38-52-20-26-54-16-12-14-18-56(54)34-52)75(104)93-67(81(110)111)36-50-23-29-62(30-24-50)115-46-60(97-85)42-88-57/h11-30,33-34,42,47-48,57-60,63-71,84-87,89H,31-32,35-41,43-46H2,1-10H3,(H,90,103)(H,91,106)(H,92,107)(H,93,104)(H,94,101)(H,95,102)(H,98,105)(H,110,111). The van der Waals surface area contributed by atoms with E-state index in [0.29, 0.717) is 35.1 Å². The normalized spacial score (nSPS) is 23.6. The van der Waals surface area contributed by atoms with Crippen molar-refractivity contribution in [1.82, 2.24) is 62.4 Å². The molecule has 6 aromatic rings. The van der Waals surface area contributed by atoms with E-state index in [4.69, 9.17) is 25.5 Å². The molecule has 1 saturated carbocycles. The molecule has 0 spiro atoms. The van der Waals surface area contributed by atoms with E-state index < -0.39 is 170 Å². The van der Waals surface area contributed by atoms with Crippen LogP contribution in [-0.2, 0) is 83.7 Å². The third-order valence-electron chi connectivity index (χ3n) is 21.5. The SMILES string of the molecule is CNC(C)C(=O)NC(C(=O)N1CC2CC1C(=O)NC(Cc1ccc3ccccc3c1)C(=O)NC(C(=O)O)Cc1ccc(cc1)OCC(N=N)C=NC1CC(C(=O)NC(Cc3ccc4ccccc4c3)C(=O)NC(C(=O)NS(=O)(=O)C3CC3)Cc3ccc(cc3)OCC(N=N)CN2)N(C(=O)C(NC(=O)C(C)NC)C(C)(C)C)C1)C(C)(C)C. The third kappa shape index (κ3) is 23.1. The predicted molar refractivity (Wildman–Crippen MR) is 434 cm³/mol. The molecule has 6 heterocycles. The Morgan fingerprint density at radius 2 is 1.04 bits per heavy atom. The summed E-state index contributed by atoms with van der Waals surface area (Å²) in [6.07, 6.45) is 0.969. The molecule has 6 aromatic carbocycles.